The van der Waals surface area contributed by atoms with Gasteiger partial charge < -0.3 is 4.74 Å². The number of carbonyl (C=O) groups is 2. The van der Waals surface area contributed by atoms with Gasteiger partial charge in [0.1, 0.15) is 0 Å². The van der Waals surface area contributed by atoms with Crippen molar-refractivity contribution in [3.63, 3.8) is 0 Å². The molecule has 3 nitrogen and oxygen atoms in total. The third-order valence-electron chi connectivity index (χ3n) is 5.24. The van der Waals surface area contributed by atoms with Crippen molar-refractivity contribution in [3.8, 4) is 0 Å². The van der Waals surface area contributed by atoms with Crippen LogP contribution in [0.15, 0.2) is 0 Å². The third-order valence-corrected chi connectivity index (χ3v) is 5.24. The fourth-order valence-corrected chi connectivity index (χ4v) is 3.56. The summed E-state index contributed by atoms with van der Waals surface area (Å²) in [5.41, 5.74) is 0. The molecule has 0 heterocycles. The minimum Gasteiger partial charge on any atom is -0.393 e. The number of hydrogen-bond donors (Lipinski definition) is 0. The van der Waals surface area contributed by atoms with E-state index in [1.165, 1.54) is 116 Å². The number of ether oxygens (including phenoxy) is 1. The van der Waals surface area contributed by atoms with Crippen LogP contribution in [-0.4, -0.2) is 11.9 Å². The van der Waals surface area contributed by atoms with E-state index in [0.717, 1.165) is 12.8 Å². The Balaban J connectivity index is 0. The molecule has 4 heteroatoms. The number of hydrogen-bond acceptors (Lipinski definition) is 3. The van der Waals surface area contributed by atoms with E-state index in [2.05, 4.69) is 11.7 Å². The summed E-state index contributed by atoms with van der Waals surface area (Å²) in [5, 5.41) is 0. The van der Waals surface area contributed by atoms with Gasteiger partial charge in [0.15, 0.2) is 0 Å². The number of esters is 2. The van der Waals surface area contributed by atoms with E-state index in [4.69, 9.17) is 0 Å². The molecule has 0 rings (SSSR count). The molecular formula is C24H46O3Zn. The SMILES string of the molecule is CCCCCCCCCCCCCCCCCCCCCC(=O)OC(C)=O.[Zn]. The van der Waals surface area contributed by atoms with Gasteiger partial charge in [-0.2, -0.15) is 0 Å². The Morgan fingerprint density at radius 1 is 0.536 bits per heavy atom. The molecule has 0 aromatic rings. The maximum atomic E-state index is 11.2. The first kappa shape index (κ1) is 30.0. The van der Waals surface area contributed by atoms with Gasteiger partial charge in [-0.3, -0.25) is 9.59 Å². The number of carbonyl (C=O) groups excluding carboxylic acids is 2. The molecule has 0 fully saturated rings. The zero-order valence-corrected chi connectivity index (χ0v) is 22.0. The Kier molecular flexibility index (Phi) is 26.5. The summed E-state index contributed by atoms with van der Waals surface area (Å²) >= 11 is 0. The van der Waals surface area contributed by atoms with Crippen molar-refractivity contribution in [1.82, 2.24) is 0 Å². The van der Waals surface area contributed by atoms with Crippen molar-refractivity contribution in [2.45, 2.75) is 142 Å². The van der Waals surface area contributed by atoms with Gasteiger partial charge in [-0.05, 0) is 6.42 Å². The van der Waals surface area contributed by atoms with Crippen LogP contribution in [0.4, 0.5) is 0 Å². The van der Waals surface area contributed by atoms with E-state index < -0.39 is 5.97 Å². The van der Waals surface area contributed by atoms with E-state index in [9.17, 15) is 9.59 Å². The van der Waals surface area contributed by atoms with Gasteiger partial charge in [0.05, 0.1) is 0 Å². The zero-order chi connectivity index (χ0) is 20.0. The van der Waals surface area contributed by atoms with Crippen LogP contribution in [-0.2, 0) is 33.8 Å². The molecule has 0 aliphatic rings. The van der Waals surface area contributed by atoms with Crippen molar-refractivity contribution >= 4 is 11.9 Å². The zero-order valence-electron chi connectivity index (χ0n) is 19.1. The fourth-order valence-electron chi connectivity index (χ4n) is 3.56. The van der Waals surface area contributed by atoms with Crippen LogP contribution in [0.2, 0.25) is 0 Å². The van der Waals surface area contributed by atoms with Gasteiger partial charge in [0, 0.05) is 32.8 Å². The van der Waals surface area contributed by atoms with Crippen LogP contribution in [0, 0.1) is 0 Å². The van der Waals surface area contributed by atoms with Crippen molar-refractivity contribution in [1.29, 1.82) is 0 Å². The summed E-state index contributed by atoms with van der Waals surface area (Å²) < 4.78 is 4.51. The van der Waals surface area contributed by atoms with Crippen LogP contribution in [0.25, 0.3) is 0 Å². The van der Waals surface area contributed by atoms with Crippen LogP contribution >= 0.6 is 0 Å². The summed E-state index contributed by atoms with van der Waals surface area (Å²) in [6.45, 7) is 3.55. The van der Waals surface area contributed by atoms with E-state index >= 15 is 0 Å². The van der Waals surface area contributed by atoms with E-state index in [0.29, 0.717) is 6.42 Å². The van der Waals surface area contributed by atoms with E-state index in [-0.39, 0.29) is 25.4 Å². The molecule has 0 aliphatic heterocycles. The van der Waals surface area contributed by atoms with E-state index in [1.807, 2.05) is 0 Å². The summed E-state index contributed by atoms with van der Waals surface area (Å²) in [5.74, 6) is -0.882. The third kappa shape index (κ3) is 25.8. The molecule has 0 bridgehead atoms. The van der Waals surface area contributed by atoms with Gasteiger partial charge in [0.25, 0.3) is 0 Å². The molecule has 0 aromatic heterocycles. The average Bonchev–Trinajstić information content (AvgIpc) is 2.63. The van der Waals surface area contributed by atoms with Crippen molar-refractivity contribution in [3.05, 3.63) is 0 Å². The summed E-state index contributed by atoms with van der Waals surface area (Å²) in [4.78, 5) is 21.8. The van der Waals surface area contributed by atoms with Gasteiger partial charge in [-0.1, -0.05) is 122 Å². The summed E-state index contributed by atoms with van der Waals surface area (Å²) in [7, 11) is 0. The maximum absolute atomic E-state index is 11.2. The maximum Gasteiger partial charge on any atom is 0.313 e. The second-order valence-electron chi connectivity index (χ2n) is 8.08. The average molecular weight is 448 g/mol. The van der Waals surface area contributed by atoms with Gasteiger partial charge in [-0.25, -0.2) is 0 Å². The number of rotatable bonds is 20. The van der Waals surface area contributed by atoms with Crippen molar-refractivity contribution < 1.29 is 33.8 Å². The molecule has 0 amide bonds. The van der Waals surface area contributed by atoms with Crippen molar-refractivity contribution in [2.75, 3.05) is 0 Å². The van der Waals surface area contributed by atoms with Crippen molar-refractivity contribution in [2.24, 2.45) is 0 Å². The predicted octanol–water partition coefficient (Wildman–Crippen LogP) is 7.90. The predicted molar refractivity (Wildman–Crippen MR) is 115 cm³/mol. The smallest absolute Gasteiger partial charge is 0.313 e. The largest absolute Gasteiger partial charge is 0.393 e. The van der Waals surface area contributed by atoms with Gasteiger partial charge >= 0.3 is 11.9 Å². The monoisotopic (exact) mass is 446 g/mol. The molecule has 0 aromatic carbocycles. The van der Waals surface area contributed by atoms with Gasteiger partial charge in [0.2, 0.25) is 0 Å². The molecule has 28 heavy (non-hydrogen) atoms. The summed E-state index contributed by atoms with van der Waals surface area (Å²) in [6, 6.07) is 0. The van der Waals surface area contributed by atoms with Gasteiger partial charge in [-0.15, -0.1) is 0 Å². The molecule has 0 atom stereocenters. The first-order valence-corrected chi connectivity index (χ1v) is 11.9. The Morgan fingerprint density at radius 2 is 0.821 bits per heavy atom. The van der Waals surface area contributed by atoms with E-state index in [1.54, 1.807) is 0 Å². The summed E-state index contributed by atoms with van der Waals surface area (Å²) in [6.07, 6.45) is 25.8. The molecule has 0 aliphatic carbocycles. The Bertz CT molecular complexity index is 345. The van der Waals surface area contributed by atoms with Crippen LogP contribution in [0.3, 0.4) is 0 Å². The standard InChI is InChI=1S/C24H46O3.Zn/c1-3-4-5-6-7-8-9-10-11-12-13-14-15-16-17-18-19-20-21-22-24(26)27-23(2)25;/h3-22H2,1-2H3;. The molecule has 0 saturated carbocycles. The quantitative estimate of drug-likeness (QED) is 0.0824. The number of unbranched alkanes of at least 4 members (excludes halogenated alkanes) is 18. The normalized spacial score (nSPS) is 10.5. The second-order valence-corrected chi connectivity index (χ2v) is 8.08. The Labute approximate surface area is 187 Å². The molecule has 0 saturated heterocycles. The minimum absolute atomic E-state index is 0. The van der Waals surface area contributed by atoms with Crippen LogP contribution in [0.1, 0.15) is 142 Å². The second kappa shape index (κ2) is 24.8. The molecule has 0 N–H and O–H groups in total. The topological polar surface area (TPSA) is 43.4 Å². The Morgan fingerprint density at radius 3 is 1.11 bits per heavy atom. The first-order valence-electron chi connectivity index (χ1n) is 11.9. The molecule has 0 radical (unpaired) electrons. The molecule has 0 unspecified atom stereocenters. The van der Waals surface area contributed by atoms with Crippen LogP contribution in [0.5, 0.6) is 0 Å². The van der Waals surface area contributed by atoms with Crippen LogP contribution < -0.4 is 0 Å². The minimum atomic E-state index is -0.502. The molecular weight excluding hydrogens is 402 g/mol. The fraction of sp³-hybridized carbons (Fsp3) is 0.917. The molecule has 0 spiro atoms. The first-order chi connectivity index (χ1) is 13.2. The Hall–Kier alpha value is -0.237. The molecule has 162 valence electrons.